The number of aliphatic hydroxyl groups is 2. The van der Waals surface area contributed by atoms with Crippen molar-refractivity contribution in [2.75, 3.05) is 6.61 Å². The first kappa shape index (κ1) is 19.8. The second-order valence-electron chi connectivity index (χ2n) is 8.96. The topological polar surface area (TPSA) is 85.2 Å². The zero-order valence-corrected chi connectivity index (χ0v) is 16.6. The molecule has 148 valence electrons. The van der Waals surface area contributed by atoms with Crippen LogP contribution < -0.4 is 0 Å². The highest BCUT2D eigenvalue weighted by molar-refractivity contribution is 5.66. The Balaban J connectivity index is 2.14. The van der Waals surface area contributed by atoms with E-state index in [0.717, 1.165) is 18.4 Å². The Labute approximate surface area is 155 Å². The predicted octanol–water partition coefficient (Wildman–Crippen LogP) is 2.17. The number of aliphatic hydroxyl groups excluding tert-OH is 1. The van der Waals surface area contributed by atoms with Crippen molar-refractivity contribution in [3.05, 3.63) is 11.6 Å². The summed E-state index contributed by atoms with van der Waals surface area (Å²) < 4.78 is 18.4. The molecule has 2 N–H and O–H groups in total. The van der Waals surface area contributed by atoms with E-state index in [0.29, 0.717) is 0 Å². The van der Waals surface area contributed by atoms with Gasteiger partial charge in [0.25, 0.3) is 0 Å². The molecule has 7 unspecified atom stereocenters. The normalized spacial score (nSPS) is 43.7. The van der Waals surface area contributed by atoms with Gasteiger partial charge in [-0.1, -0.05) is 13.0 Å². The average Bonchev–Trinajstić information content (AvgIpc) is 2.81. The van der Waals surface area contributed by atoms with E-state index in [1.165, 1.54) is 6.92 Å². The van der Waals surface area contributed by atoms with Gasteiger partial charge in [0.15, 0.2) is 11.9 Å². The lowest BCUT2D eigenvalue weighted by atomic mass is 9.55. The molecule has 2 fully saturated rings. The van der Waals surface area contributed by atoms with E-state index in [9.17, 15) is 15.0 Å². The fraction of sp³-hybridized carbons (Fsp3) is 0.850. The first-order valence-electron chi connectivity index (χ1n) is 9.51. The maximum atomic E-state index is 11.7. The quantitative estimate of drug-likeness (QED) is 0.587. The molecule has 3 rings (SSSR count). The SMILES string of the molecule is CC(=O)OC1C(C)=CC2C(C(C)(O)CO)CCC(C)C23OC(C)(C)OC13. The molecule has 0 bridgehead atoms. The fourth-order valence-electron chi connectivity index (χ4n) is 5.33. The molecular formula is C20H32O6. The van der Waals surface area contributed by atoms with Gasteiger partial charge >= 0.3 is 5.97 Å². The van der Waals surface area contributed by atoms with E-state index >= 15 is 0 Å². The highest BCUT2D eigenvalue weighted by Crippen LogP contribution is 2.59. The minimum atomic E-state index is -1.22. The van der Waals surface area contributed by atoms with Crippen LogP contribution in [0.4, 0.5) is 0 Å². The number of rotatable bonds is 3. The lowest BCUT2D eigenvalue weighted by Crippen LogP contribution is -2.65. The second-order valence-corrected chi connectivity index (χ2v) is 8.96. The Morgan fingerprint density at radius 3 is 2.65 bits per heavy atom. The Kier molecular flexibility index (Phi) is 4.80. The molecule has 7 atom stereocenters. The molecule has 0 aromatic carbocycles. The van der Waals surface area contributed by atoms with Crippen LogP contribution in [-0.4, -0.2) is 52.0 Å². The van der Waals surface area contributed by atoms with Crippen LogP contribution >= 0.6 is 0 Å². The Hall–Kier alpha value is -0.950. The van der Waals surface area contributed by atoms with Gasteiger partial charge < -0.3 is 24.4 Å². The van der Waals surface area contributed by atoms with E-state index in [4.69, 9.17) is 14.2 Å². The van der Waals surface area contributed by atoms with E-state index in [1.54, 1.807) is 6.92 Å². The summed E-state index contributed by atoms with van der Waals surface area (Å²) in [6.07, 6.45) is 2.75. The molecule has 1 saturated heterocycles. The lowest BCUT2D eigenvalue weighted by molar-refractivity contribution is -0.212. The molecule has 0 aromatic rings. The summed E-state index contributed by atoms with van der Waals surface area (Å²) in [7, 11) is 0. The molecule has 2 aliphatic carbocycles. The van der Waals surface area contributed by atoms with Gasteiger partial charge in [-0.3, -0.25) is 4.79 Å². The smallest absolute Gasteiger partial charge is 0.303 e. The molecule has 1 heterocycles. The summed E-state index contributed by atoms with van der Waals surface area (Å²) in [5, 5.41) is 20.6. The van der Waals surface area contributed by atoms with Crippen molar-refractivity contribution in [3.63, 3.8) is 0 Å². The zero-order chi connectivity index (χ0) is 19.5. The largest absolute Gasteiger partial charge is 0.455 e. The lowest BCUT2D eigenvalue weighted by Gasteiger charge is -2.56. The van der Waals surface area contributed by atoms with Gasteiger partial charge in [-0.15, -0.1) is 0 Å². The summed E-state index contributed by atoms with van der Waals surface area (Å²) in [4.78, 5) is 11.7. The first-order chi connectivity index (χ1) is 11.9. The van der Waals surface area contributed by atoms with Crippen molar-refractivity contribution < 1.29 is 29.2 Å². The standard InChI is InChI=1S/C20H32O6/c1-11-9-15-14(19(6,23)10-21)8-7-12(2)20(15)17(16(11)24-13(3)22)25-18(4,5)26-20/h9,12,14-17,21,23H,7-8,10H2,1-6H3. The van der Waals surface area contributed by atoms with Gasteiger partial charge in [-0.2, -0.15) is 0 Å². The molecule has 26 heavy (non-hydrogen) atoms. The molecule has 1 spiro atoms. The van der Waals surface area contributed by atoms with Crippen molar-refractivity contribution >= 4 is 5.97 Å². The fourth-order valence-corrected chi connectivity index (χ4v) is 5.33. The van der Waals surface area contributed by atoms with Crippen LogP contribution in [0, 0.1) is 17.8 Å². The first-order valence-corrected chi connectivity index (χ1v) is 9.51. The molecule has 3 aliphatic rings. The van der Waals surface area contributed by atoms with Crippen LogP contribution in [0.25, 0.3) is 0 Å². The number of ether oxygens (including phenoxy) is 3. The number of carbonyl (C=O) groups is 1. The average molecular weight is 368 g/mol. The summed E-state index contributed by atoms with van der Waals surface area (Å²) >= 11 is 0. The minimum Gasteiger partial charge on any atom is -0.455 e. The van der Waals surface area contributed by atoms with Gasteiger partial charge in [0.1, 0.15) is 11.7 Å². The molecule has 1 saturated carbocycles. The third-order valence-corrected chi connectivity index (χ3v) is 6.49. The minimum absolute atomic E-state index is 0.132. The molecular weight excluding hydrogens is 336 g/mol. The van der Waals surface area contributed by atoms with Gasteiger partial charge in [0.05, 0.1) is 12.2 Å². The van der Waals surface area contributed by atoms with Crippen LogP contribution in [0.2, 0.25) is 0 Å². The van der Waals surface area contributed by atoms with Crippen LogP contribution in [0.5, 0.6) is 0 Å². The molecule has 0 radical (unpaired) electrons. The van der Waals surface area contributed by atoms with Crippen LogP contribution in [0.15, 0.2) is 11.6 Å². The molecule has 1 aliphatic heterocycles. The summed E-state index contributed by atoms with van der Waals surface area (Å²) in [5.41, 5.74) is -1.02. The highest BCUT2D eigenvalue weighted by atomic mass is 16.8. The summed E-state index contributed by atoms with van der Waals surface area (Å²) in [6.45, 7) is 10.6. The van der Waals surface area contributed by atoms with Crippen LogP contribution in [0.1, 0.15) is 54.4 Å². The number of hydrogen-bond donors (Lipinski definition) is 2. The zero-order valence-electron chi connectivity index (χ0n) is 16.6. The maximum absolute atomic E-state index is 11.7. The van der Waals surface area contributed by atoms with Crippen molar-refractivity contribution in [1.29, 1.82) is 0 Å². The van der Waals surface area contributed by atoms with Crippen molar-refractivity contribution in [2.24, 2.45) is 17.8 Å². The molecule has 6 nitrogen and oxygen atoms in total. The monoisotopic (exact) mass is 368 g/mol. The van der Waals surface area contributed by atoms with Gasteiger partial charge in [-0.25, -0.2) is 0 Å². The van der Waals surface area contributed by atoms with Gasteiger partial charge in [-0.05, 0) is 57.9 Å². The second kappa shape index (κ2) is 6.30. The van der Waals surface area contributed by atoms with E-state index in [-0.39, 0.29) is 30.3 Å². The molecule has 6 heteroatoms. The van der Waals surface area contributed by atoms with Gasteiger partial charge in [0, 0.05) is 12.8 Å². The Morgan fingerprint density at radius 2 is 2.08 bits per heavy atom. The number of esters is 1. The highest BCUT2D eigenvalue weighted by Gasteiger charge is 2.68. The Morgan fingerprint density at radius 1 is 1.42 bits per heavy atom. The van der Waals surface area contributed by atoms with E-state index < -0.39 is 29.2 Å². The van der Waals surface area contributed by atoms with E-state index in [1.807, 2.05) is 20.8 Å². The van der Waals surface area contributed by atoms with Crippen LogP contribution in [-0.2, 0) is 19.0 Å². The van der Waals surface area contributed by atoms with Crippen molar-refractivity contribution in [3.8, 4) is 0 Å². The predicted molar refractivity (Wildman–Crippen MR) is 95.2 cm³/mol. The summed E-state index contributed by atoms with van der Waals surface area (Å²) in [5.74, 6) is -1.32. The summed E-state index contributed by atoms with van der Waals surface area (Å²) in [6, 6.07) is 0. The van der Waals surface area contributed by atoms with Crippen molar-refractivity contribution in [2.45, 2.75) is 83.6 Å². The van der Waals surface area contributed by atoms with E-state index in [2.05, 4.69) is 13.0 Å². The van der Waals surface area contributed by atoms with Gasteiger partial charge in [0.2, 0.25) is 0 Å². The molecule has 0 amide bonds. The maximum Gasteiger partial charge on any atom is 0.303 e. The van der Waals surface area contributed by atoms with Crippen molar-refractivity contribution in [1.82, 2.24) is 0 Å². The Bertz CT molecular complexity index is 609. The van der Waals surface area contributed by atoms with Crippen LogP contribution in [0.3, 0.4) is 0 Å². The molecule has 0 aromatic heterocycles. The number of carbonyl (C=O) groups excluding carboxylic acids is 1. The third kappa shape index (κ3) is 2.91. The number of hydrogen-bond acceptors (Lipinski definition) is 6. The third-order valence-electron chi connectivity index (χ3n) is 6.49.